The summed E-state index contributed by atoms with van der Waals surface area (Å²) in [6.07, 6.45) is 8.19. The number of amides is 2. The van der Waals surface area contributed by atoms with Crippen molar-refractivity contribution < 1.29 is 28.6 Å². The number of para-hydroxylation sites is 1. The largest absolute Gasteiger partial charge is 0.495 e. The summed E-state index contributed by atoms with van der Waals surface area (Å²) in [5, 5.41) is 5.97. The van der Waals surface area contributed by atoms with Crippen LogP contribution in [0.15, 0.2) is 42.5 Å². The number of rotatable bonds is 10. The quantitative estimate of drug-likeness (QED) is 0.298. The number of ether oxygens (including phenoxy) is 3. The Morgan fingerprint density at radius 3 is 2.42 bits per heavy atom. The molecule has 1 aliphatic heterocycles. The molecule has 43 heavy (non-hydrogen) atoms. The first-order valence-corrected chi connectivity index (χ1v) is 15.7. The first kappa shape index (κ1) is 31.3. The Morgan fingerprint density at radius 2 is 1.67 bits per heavy atom. The number of hydrogen-bond acceptors (Lipinski definition) is 7. The van der Waals surface area contributed by atoms with Crippen molar-refractivity contribution in [3.8, 4) is 5.75 Å². The number of esters is 1. The molecule has 2 aromatic rings. The third kappa shape index (κ3) is 7.69. The summed E-state index contributed by atoms with van der Waals surface area (Å²) in [5.41, 5.74) is 1.75. The molecule has 1 saturated heterocycles. The molecule has 3 fully saturated rings. The van der Waals surface area contributed by atoms with Gasteiger partial charge in [0.05, 0.1) is 42.6 Å². The van der Waals surface area contributed by atoms with Crippen molar-refractivity contribution in [1.29, 1.82) is 0 Å². The maximum Gasteiger partial charge on any atom is 0.323 e. The van der Waals surface area contributed by atoms with Gasteiger partial charge in [0, 0.05) is 19.0 Å². The van der Waals surface area contributed by atoms with Crippen LogP contribution in [0.1, 0.15) is 63.4 Å². The fraction of sp³-hybridized carbons (Fsp3) is 0.545. The topological polar surface area (TPSA) is 106 Å². The predicted octanol–water partition coefficient (Wildman–Crippen LogP) is 6.44. The van der Waals surface area contributed by atoms with Gasteiger partial charge in [0.1, 0.15) is 5.75 Å². The van der Waals surface area contributed by atoms with Crippen LogP contribution in [0.5, 0.6) is 5.75 Å². The molecule has 2 amide bonds. The van der Waals surface area contributed by atoms with E-state index in [0.29, 0.717) is 46.9 Å². The fourth-order valence-corrected chi connectivity index (χ4v) is 7.11. The van der Waals surface area contributed by atoms with Crippen molar-refractivity contribution in [2.75, 3.05) is 31.4 Å². The third-order valence-electron chi connectivity index (χ3n) is 9.17. The van der Waals surface area contributed by atoms with Crippen molar-refractivity contribution in [3.63, 3.8) is 0 Å². The zero-order valence-electron chi connectivity index (χ0n) is 25.0. The lowest BCUT2D eigenvalue weighted by Gasteiger charge is -2.38. The van der Waals surface area contributed by atoms with Gasteiger partial charge in [-0.05, 0) is 80.7 Å². The lowest BCUT2D eigenvalue weighted by atomic mass is 9.85. The second-order valence-corrected chi connectivity index (χ2v) is 12.3. The molecule has 2 saturated carbocycles. The second-order valence-electron chi connectivity index (χ2n) is 11.9. The molecule has 3 atom stereocenters. The fourth-order valence-electron chi connectivity index (χ4n) is 6.93. The molecule has 1 heterocycles. The number of halogens is 1. The Morgan fingerprint density at radius 1 is 0.930 bits per heavy atom. The van der Waals surface area contributed by atoms with Crippen molar-refractivity contribution >= 4 is 40.8 Å². The normalized spacial score (nSPS) is 24.4. The summed E-state index contributed by atoms with van der Waals surface area (Å²) in [7, 11) is 2.96. The van der Waals surface area contributed by atoms with Crippen molar-refractivity contribution in [2.24, 2.45) is 11.8 Å². The third-order valence-corrected chi connectivity index (χ3v) is 9.50. The zero-order valence-corrected chi connectivity index (χ0v) is 25.7. The van der Waals surface area contributed by atoms with E-state index in [1.807, 2.05) is 6.07 Å². The van der Waals surface area contributed by atoms with E-state index < -0.39 is 12.3 Å². The Kier molecular flexibility index (Phi) is 10.6. The van der Waals surface area contributed by atoms with Crippen LogP contribution in [-0.4, -0.2) is 61.8 Å². The van der Waals surface area contributed by atoms with Crippen molar-refractivity contribution in [1.82, 2.24) is 4.90 Å². The number of hydrogen-bond donors (Lipinski definition) is 2. The van der Waals surface area contributed by atoms with Crippen LogP contribution < -0.4 is 15.4 Å². The molecule has 0 aromatic heterocycles. The average Bonchev–Trinajstić information content (AvgIpc) is 3.45. The SMILES string of the molecule is COC(=O)C1CCC(OC(C(=O)Cc2ccc(NC(=O)Nc3ccccc3Cl)c(OC)c2)N2CC[C@H]3CCCC[C@H]32)CC1. The number of methoxy groups -OCH3 is 2. The summed E-state index contributed by atoms with van der Waals surface area (Å²) >= 11 is 6.16. The Hall–Kier alpha value is -3.14. The second kappa shape index (κ2) is 14.6. The van der Waals surface area contributed by atoms with Gasteiger partial charge in [-0.2, -0.15) is 0 Å². The maximum absolute atomic E-state index is 14.0. The van der Waals surface area contributed by atoms with Crippen molar-refractivity contribution in [3.05, 3.63) is 53.1 Å². The van der Waals surface area contributed by atoms with Crippen LogP contribution in [0.2, 0.25) is 5.02 Å². The van der Waals surface area contributed by atoms with Crippen LogP contribution in [-0.2, 0) is 25.5 Å². The molecule has 2 aliphatic carbocycles. The van der Waals surface area contributed by atoms with Gasteiger partial charge in [0.15, 0.2) is 12.0 Å². The Labute approximate surface area is 258 Å². The highest BCUT2D eigenvalue weighted by molar-refractivity contribution is 6.33. The standard InChI is InChI=1S/C33H42ClN3O6/c1-41-30-20-21(11-16-27(30)36-33(40)35-26-9-5-4-8-25(26)34)19-29(38)31(37-18-17-22-7-3-6-10-28(22)37)43-24-14-12-23(13-15-24)32(39)42-2/h4-5,8-9,11,16,20,22-24,28,31H,3,6-7,10,12-15,17-19H2,1-2H3,(H2,35,36,40)/t22-,23?,24?,28-,31?/m1/s1. The number of urea groups is 1. The molecule has 2 aromatic carbocycles. The number of nitrogens with zero attached hydrogens (tertiary/aromatic N) is 1. The zero-order chi connectivity index (χ0) is 30.3. The minimum atomic E-state index is -0.627. The predicted molar refractivity (Wildman–Crippen MR) is 166 cm³/mol. The molecular formula is C33H42ClN3O6. The smallest absolute Gasteiger partial charge is 0.323 e. The number of fused-ring (bicyclic) bond motifs is 1. The highest BCUT2D eigenvalue weighted by Gasteiger charge is 2.43. The van der Waals surface area contributed by atoms with E-state index in [-0.39, 0.29) is 30.2 Å². The molecule has 0 radical (unpaired) electrons. The molecule has 3 aliphatic rings. The van der Waals surface area contributed by atoms with Gasteiger partial charge in [0.25, 0.3) is 0 Å². The Bertz CT molecular complexity index is 1300. The number of carbonyl (C=O) groups is 3. The number of likely N-dealkylation sites (tertiary alicyclic amines) is 1. The van der Waals surface area contributed by atoms with Crippen LogP contribution in [0.3, 0.4) is 0 Å². The summed E-state index contributed by atoms with van der Waals surface area (Å²) < 4.78 is 17.2. The number of nitrogens with one attached hydrogen (secondary N) is 2. The summed E-state index contributed by atoms with van der Waals surface area (Å²) in [6.45, 7) is 0.857. The molecule has 0 spiro atoms. The maximum atomic E-state index is 14.0. The van der Waals surface area contributed by atoms with Gasteiger partial charge in [-0.25, -0.2) is 4.79 Å². The molecular weight excluding hydrogens is 570 g/mol. The van der Waals surface area contributed by atoms with E-state index >= 15 is 0 Å². The first-order chi connectivity index (χ1) is 20.9. The number of Topliss-reactive ketones (excluding diaryl/α,β-unsaturated/α-hetero) is 1. The highest BCUT2D eigenvalue weighted by Crippen LogP contribution is 2.39. The van der Waals surface area contributed by atoms with Gasteiger partial charge in [-0.3, -0.25) is 14.5 Å². The van der Waals surface area contributed by atoms with Gasteiger partial charge >= 0.3 is 12.0 Å². The first-order valence-electron chi connectivity index (χ1n) is 15.4. The van der Waals surface area contributed by atoms with E-state index in [9.17, 15) is 14.4 Å². The lowest BCUT2D eigenvalue weighted by Crippen LogP contribution is -2.50. The number of carbonyl (C=O) groups excluding carboxylic acids is 3. The van der Waals surface area contributed by atoms with Crippen LogP contribution in [0.25, 0.3) is 0 Å². The summed E-state index contributed by atoms with van der Waals surface area (Å²) in [6, 6.07) is 12.3. The minimum Gasteiger partial charge on any atom is -0.495 e. The molecule has 2 N–H and O–H groups in total. The van der Waals surface area contributed by atoms with E-state index in [2.05, 4.69) is 15.5 Å². The van der Waals surface area contributed by atoms with E-state index in [1.165, 1.54) is 33.5 Å². The number of anilines is 2. The van der Waals surface area contributed by atoms with Crippen LogP contribution >= 0.6 is 11.6 Å². The van der Waals surface area contributed by atoms with E-state index in [1.54, 1.807) is 36.4 Å². The van der Waals surface area contributed by atoms with Crippen LogP contribution in [0, 0.1) is 11.8 Å². The van der Waals surface area contributed by atoms with E-state index in [0.717, 1.165) is 37.8 Å². The van der Waals surface area contributed by atoms with Gasteiger partial charge in [-0.15, -0.1) is 0 Å². The molecule has 0 bridgehead atoms. The molecule has 10 heteroatoms. The molecule has 5 rings (SSSR count). The summed E-state index contributed by atoms with van der Waals surface area (Å²) in [4.78, 5) is 41.0. The molecule has 9 nitrogen and oxygen atoms in total. The summed E-state index contributed by atoms with van der Waals surface area (Å²) in [5.74, 6) is 0.820. The van der Waals surface area contributed by atoms with Crippen molar-refractivity contribution in [2.45, 2.75) is 82.6 Å². The monoisotopic (exact) mass is 611 g/mol. The van der Waals surface area contributed by atoms with Crippen LogP contribution in [0.4, 0.5) is 16.2 Å². The van der Waals surface area contributed by atoms with Gasteiger partial charge < -0.3 is 24.8 Å². The minimum absolute atomic E-state index is 0.0144. The number of benzene rings is 2. The van der Waals surface area contributed by atoms with Gasteiger partial charge in [-0.1, -0.05) is 42.6 Å². The number of ketones is 1. The highest BCUT2D eigenvalue weighted by atomic mass is 35.5. The Balaban J connectivity index is 1.27. The molecule has 232 valence electrons. The average molecular weight is 612 g/mol. The molecule has 1 unspecified atom stereocenters. The van der Waals surface area contributed by atoms with Gasteiger partial charge in [0.2, 0.25) is 0 Å². The van der Waals surface area contributed by atoms with E-state index in [4.69, 9.17) is 25.8 Å². The lowest BCUT2D eigenvalue weighted by molar-refractivity contribution is -0.162.